The van der Waals surface area contributed by atoms with Gasteiger partial charge in [0, 0.05) is 8.80 Å². The monoisotopic (exact) mass is 193 g/mol. The fraction of sp³-hybridized carbons (Fsp3) is 0.500. The van der Waals surface area contributed by atoms with E-state index in [1.807, 2.05) is 18.2 Å². The van der Waals surface area contributed by atoms with Crippen LogP contribution in [-0.2, 0) is 0 Å². The zero-order chi connectivity index (χ0) is 10.3. The van der Waals surface area contributed by atoms with Crippen LogP contribution in [0.25, 0.3) is 0 Å². The van der Waals surface area contributed by atoms with Crippen molar-refractivity contribution in [2.45, 2.75) is 37.4 Å². The average Bonchev–Trinajstić information content (AvgIpc) is 2.05. The molecule has 0 aromatic heterocycles. The molecule has 0 rings (SSSR count). The van der Waals surface area contributed by atoms with Crippen molar-refractivity contribution in [2.75, 3.05) is 0 Å². The Labute approximate surface area is 84.7 Å². The third kappa shape index (κ3) is 3.35. The van der Waals surface area contributed by atoms with Crippen LogP contribution in [0.4, 0.5) is 0 Å². The molecule has 0 aromatic carbocycles. The zero-order valence-corrected chi connectivity index (χ0v) is 9.97. The molecule has 0 amide bonds. The lowest BCUT2D eigenvalue weighted by Crippen LogP contribution is -2.26. The van der Waals surface area contributed by atoms with Gasteiger partial charge in [0.25, 0.3) is 0 Å². The van der Waals surface area contributed by atoms with Gasteiger partial charge < -0.3 is 0 Å². The highest BCUT2D eigenvalue weighted by atomic mass is 28.3. The van der Waals surface area contributed by atoms with Gasteiger partial charge in [-0.25, -0.2) is 0 Å². The molecule has 0 aliphatic heterocycles. The van der Waals surface area contributed by atoms with E-state index in [9.17, 15) is 0 Å². The second-order valence-corrected chi connectivity index (χ2v) is 6.82. The molecule has 13 heavy (non-hydrogen) atoms. The number of hydrogen-bond acceptors (Lipinski definition) is 0. The summed E-state index contributed by atoms with van der Waals surface area (Å²) in [4.78, 5) is 0. The smallest absolute Gasteiger partial charge is 0.0492 e. The molecule has 0 saturated heterocycles. The molecular weight excluding hydrogens is 172 g/mol. The molecule has 1 heteroatoms. The van der Waals surface area contributed by atoms with Gasteiger partial charge in [0.2, 0.25) is 0 Å². The van der Waals surface area contributed by atoms with Crippen LogP contribution in [-0.4, -0.2) is 8.80 Å². The average molecular weight is 193 g/mol. The summed E-state index contributed by atoms with van der Waals surface area (Å²) in [5.41, 5.74) is 0. The molecule has 0 atom stereocenters. The van der Waals surface area contributed by atoms with Crippen molar-refractivity contribution < 1.29 is 0 Å². The second-order valence-electron chi connectivity index (χ2n) is 3.76. The van der Waals surface area contributed by atoms with Crippen molar-refractivity contribution in [2.24, 2.45) is 0 Å². The normalized spacial score (nSPS) is 11.3. The lowest BCUT2D eigenvalue weighted by molar-refractivity contribution is 0.563. The van der Waals surface area contributed by atoms with Crippen molar-refractivity contribution in [3.8, 4) is 0 Å². The van der Waals surface area contributed by atoms with Crippen LogP contribution in [0.3, 0.4) is 0 Å². The van der Waals surface area contributed by atoms with Crippen molar-refractivity contribution in [1.82, 2.24) is 0 Å². The van der Waals surface area contributed by atoms with Crippen LogP contribution in [0.5, 0.6) is 0 Å². The molecule has 0 aliphatic carbocycles. The predicted molar refractivity (Wildman–Crippen MR) is 64.6 cm³/mol. The van der Waals surface area contributed by atoms with Crippen LogP contribution < -0.4 is 0 Å². The Balaban J connectivity index is 4.65. The van der Waals surface area contributed by atoms with Gasteiger partial charge in [-0.1, -0.05) is 31.3 Å². The van der Waals surface area contributed by atoms with Gasteiger partial charge in [0.15, 0.2) is 0 Å². The highest BCUT2D eigenvalue weighted by Gasteiger charge is 2.30. The van der Waals surface area contributed by atoms with E-state index in [0.717, 1.165) is 19.3 Å². The second kappa shape index (κ2) is 5.98. The van der Waals surface area contributed by atoms with Crippen LogP contribution in [0.15, 0.2) is 38.0 Å². The van der Waals surface area contributed by atoms with E-state index in [1.165, 1.54) is 0 Å². The van der Waals surface area contributed by atoms with Gasteiger partial charge in [0.05, 0.1) is 0 Å². The SMILES string of the molecule is C=CCC(CC=C)(CC=C)[Si](C)C. The maximum Gasteiger partial charge on any atom is 0.0492 e. The van der Waals surface area contributed by atoms with Crippen LogP contribution in [0.2, 0.25) is 18.1 Å². The third-order valence-electron chi connectivity index (χ3n) is 2.67. The topological polar surface area (TPSA) is 0 Å². The van der Waals surface area contributed by atoms with Gasteiger partial charge >= 0.3 is 0 Å². The van der Waals surface area contributed by atoms with Crippen LogP contribution >= 0.6 is 0 Å². The highest BCUT2D eigenvalue weighted by molar-refractivity contribution is 6.59. The maximum absolute atomic E-state index is 3.84. The summed E-state index contributed by atoms with van der Waals surface area (Å²) < 4.78 is 0. The first-order valence-electron chi connectivity index (χ1n) is 4.76. The molecular formula is C12H21Si. The molecule has 73 valence electrons. The maximum atomic E-state index is 3.84. The lowest BCUT2D eigenvalue weighted by Gasteiger charge is -2.34. The Morgan fingerprint density at radius 1 is 0.923 bits per heavy atom. The molecule has 0 aliphatic rings. The highest BCUT2D eigenvalue weighted by Crippen LogP contribution is 2.43. The van der Waals surface area contributed by atoms with E-state index < -0.39 is 0 Å². The lowest BCUT2D eigenvalue weighted by atomic mass is 9.96. The van der Waals surface area contributed by atoms with Gasteiger partial charge in [-0.05, 0) is 24.3 Å². The summed E-state index contributed by atoms with van der Waals surface area (Å²) in [6.07, 6.45) is 9.37. The Kier molecular flexibility index (Phi) is 5.72. The summed E-state index contributed by atoms with van der Waals surface area (Å²) in [7, 11) is -0.334. The summed E-state index contributed by atoms with van der Waals surface area (Å²) in [6.45, 7) is 16.2. The molecule has 1 radical (unpaired) electrons. The summed E-state index contributed by atoms with van der Waals surface area (Å²) >= 11 is 0. The zero-order valence-electron chi connectivity index (χ0n) is 8.97. The van der Waals surface area contributed by atoms with E-state index in [0.29, 0.717) is 5.04 Å². The number of hydrogen-bond donors (Lipinski definition) is 0. The van der Waals surface area contributed by atoms with Gasteiger partial charge in [-0.15, -0.1) is 19.7 Å². The Hall–Kier alpha value is -0.563. The first-order chi connectivity index (χ1) is 6.13. The molecule has 0 nitrogen and oxygen atoms in total. The van der Waals surface area contributed by atoms with E-state index in [1.54, 1.807) is 0 Å². The molecule has 0 aromatic rings. The fourth-order valence-corrected chi connectivity index (χ4v) is 3.35. The van der Waals surface area contributed by atoms with E-state index in [4.69, 9.17) is 0 Å². The van der Waals surface area contributed by atoms with Gasteiger partial charge in [0.1, 0.15) is 0 Å². The molecule has 0 spiro atoms. The molecule has 0 heterocycles. The Morgan fingerprint density at radius 2 is 1.23 bits per heavy atom. The first kappa shape index (κ1) is 12.4. The summed E-state index contributed by atoms with van der Waals surface area (Å²) in [5.74, 6) is 0. The number of rotatable bonds is 7. The van der Waals surface area contributed by atoms with E-state index in [2.05, 4.69) is 32.8 Å². The quantitative estimate of drug-likeness (QED) is 0.420. The van der Waals surface area contributed by atoms with Crippen molar-refractivity contribution in [3.05, 3.63) is 38.0 Å². The molecule has 0 saturated carbocycles. The minimum Gasteiger partial charge on any atom is -0.103 e. The van der Waals surface area contributed by atoms with E-state index in [-0.39, 0.29) is 8.80 Å². The minimum atomic E-state index is -0.334. The predicted octanol–water partition coefficient (Wildman–Crippen LogP) is 4.21. The standard InChI is InChI=1S/C12H21Si/c1-6-9-12(10-7-2,11-8-3)13(4)5/h6-8H,1-3,9-11H2,4-5H3. The Morgan fingerprint density at radius 3 is 1.38 bits per heavy atom. The minimum absolute atomic E-state index is 0.334. The molecule has 0 bridgehead atoms. The Bertz CT molecular complexity index is 153. The van der Waals surface area contributed by atoms with Crippen LogP contribution in [0, 0.1) is 0 Å². The number of allylic oxidation sites excluding steroid dienone is 3. The first-order valence-corrected chi connectivity index (χ1v) is 7.26. The summed E-state index contributed by atoms with van der Waals surface area (Å²) in [5, 5.41) is 0.399. The van der Waals surface area contributed by atoms with Crippen molar-refractivity contribution in [3.63, 3.8) is 0 Å². The fourth-order valence-electron chi connectivity index (χ4n) is 1.69. The van der Waals surface area contributed by atoms with Crippen LogP contribution in [0.1, 0.15) is 19.3 Å². The largest absolute Gasteiger partial charge is 0.103 e. The van der Waals surface area contributed by atoms with Gasteiger partial charge in [-0.3, -0.25) is 0 Å². The molecule has 0 fully saturated rings. The summed E-state index contributed by atoms with van der Waals surface area (Å²) in [6, 6.07) is 0. The van der Waals surface area contributed by atoms with Crippen molar-refractivity contribution >= 4 is 8.80 Å². The molecule has 0 unspecified atom stereocenters. The molecule has 0 N–H and O–H groups in total. The third-order valence-corrected chi connectivity index (χ3v) is 5.40. The van der Waals surface area contributed by atoms with E-state index >= 15 is 0 Å². The van der Waals surface area contributed by atoms with Crippen molar-refractivity contribution in [1.29, 1.82) is 0 Å². The van der Waals surface area contributed by atoms with Gasteiger partial charge in [-0.2, -0.15) is 0 Å².